The molecule has 1 N–H and O–H groups in total. The second-order valence-corrected chi connectivity index (χ2v) is 5.54. The van der Waals surface area contributed by atoms with Gasteiger partial charge in [0.1, 0.15) is 5.82 Å². The average Bonchev–Trinajstić information content (AvgIpc) is 2.91. The van der Waals surface area contributed by atoms with E-state index in [1.807, 2.05) is 11.0 Å². The fourth-order valence-corrected chi connectivity index (χ4v) is 2.91. The van der Waals surface area contributed by atoms with Crippen LogP contribution in [0.2, 0.25) is 0 Å². The fourth-order valence-electron chi connectivity index (χ4n) is 2.91. The number of carbonyl (C=O) groups excluding carboxylic acids is 1. The van der Waals surface area contributed by atoms with Gasteiger partial charge in [0.2, 0.25) is 5.91 Å². The average molecular weight is 294 g/mol. The van der Waals surface area contributed by atoms with Crippen LogP contribution >= 0.6 is 0 Å². The Balaban J connectivity index is 2.05. The van der Waals surface area contributed by atoms with Crippen molar-refractivity contribution in [3.8, 4) is 0 Å². The third-order valence-electron chi connectivity index (χ3n) is 4.08. The summed E-state index contributed by atoms with van der Waals surface area (Å²) in [5, 5.41) is 3.35. The Bertz CT molecular complexity index is 481. The number of hydrogen-bond donors (Lipinski definition) is 1. The van der Waals surface area contributed by atoms with Crippen LogP contribution in [0.25, 0.3) is 0 Å². The van der Waals surface area contributed by atoms with E-state index in [1.165, 1.54) is 6.07 Å². The van der Waals surface area contributed by atoms with E-state index < -0.39 is 0 Å². The van der Waals surface area contributed by atoms with E-state index in [9.17, 15) is 9.18 Å². The van der Waals surface area contributed by atoms with Crippen molar-refractivity contribution >= 4 is 5.91 Å². The summed E-state index contributed by atoms with van der Waals surface area (Å²) in [5.74, 6) is 0.385. The van der Waals surface area contributed by atoms with E-state index >= 15 is 0 Å². The first kappa shape index (κ1) is 15.9. The monoisotopic (exact) mass is 294 g/mol. The van der Waals surface area contributed by atoms with Gasteiger partial charge in [0.25, 0.3) is 0 Å². The molecule has 2 unspecified atom stereocenters. The maximum absolute atomic E-state index is 13.4. The van der Waals surface area contributed by atoms with E-state index in [-0.39, 0.29) is 17.6 Å². The Labute approximate surface area is 125 Å². The number of halogens is 1. The number of benzene rings is 1. The highest BCUT2D eigenvalue weighted by molar-refractivity contribution is 5.73. The number of methoxy groups -OCH3 is 1. The third-order valence-corrected chi connectivity index (χ3v) is 4.08. The Morgan fingerprint density at radius 3 is 2.95 bits per heavy atom. The summed E-state index contributed by atoms with van der Waals surface area (Å²) in [6, 6.07) is 6.76. The van der Waals surface area contributed by atoms with Crippen molar-refractivity contribution in [2.75, 3.05) is 39.9 Å². The van der Waals surface area contributed by atoms with Crippen LogP contribution < -0.4 is 5.32 Å². The first-order chi connectivity index (χ1) is 10.1. The molecule has 0 spiro atoms. The third kappa shape index (κ3) is 4.25. The van der Waals surface area contributed by atoms with E-state index in [4.69, 9.17) is 4.74 Å². The van der Waals surface area contributed by atoms with Gasteiger partial charge in [-0.25, -0.2) is 4.39 Å². The zero-order valence-electron chi connectivity index (χ0n) is 12.6. The zero-order valence-corrected chi connectivity index (χ0v) is 12.6. The Morgan fingerprint density at radius 2 is 2.29 bits per heavy atom. The second-order valence-electron chi connectivity index (χ2n) is 5.54. The molecular formula is C16H23FN2O2. The molecule has 4 nitrogen and oxygen atoms in total. The lowest BCUT2D eigenvalue weighted by Crippen LogP contribution is -2.38. The summed E-state index contributed by atoms with van der Waals surface area (Å²) >= 11 is 0. The minimum atomic E-state index is -0.207. The lowest BCUT2D eigenvalue weighted by atomic mass is 9.88. The van der Waals surface area contributed by atoms with Crippen LogP contribution in [0.3, 0.4) is 0 Å². The SMILES string of the molecule is COCCN(CC1CNCC1c1cccc(F)c1)C(C)=O. The normalized spacial score (nSPS) is 21.5. The molecule has 116 valence electrons. The molecular weight excluding hydrogens is 271 g/mol. The maximum atomic E-state index is 13.4. The van der Waals surface area contributed by atoms with Gasteiger partial charge in [-0.15, -0.1) is 0 Å². The standard InChI is InChI=1S/C16H23FN2O2/c1-12(20)19(6-7-21-2)11-14-9-18-10-16(14)13-4-3-5-15(17)8-13/h3-5,8,14,16,18H,6-7,9-11H2,1-2H3. The van der Waals surface area contributed by atoms with Crippen molar-refractivity contribution in [2.24, 2.45) is 5.92 Å². The van der Waals surface area contributed by atoms with Gasteiger partial charge in [0.05, 0.1) is 6.61 Å². The minimum absolute atomic E-state index is 0.0527. The minimum Gasteiger partial charge on any atom is -0.383 e. The smallest absolute Gasteiger partial charge is 0.219 e. The predicted octanol–water partition coefficient (Wildman–Crippen LogP) is 1.62. The van der Waals surface area contributed by atoms with Crippen LogP contribution in [0.15, 0.2) is 24.3 Å². The van der Waals surface area contributed by atoms with Crippen molar-refractivity contribution in [3.05, 3.63) is 35.6 Å². The van der Waals surface area contributed by atoms with Crippen LogP contribution in [-0.2, 0) is 9.53 Å². The predicted molar refractivity (Wildman–Crippen MR) is 79.6 cm³/mol. The van der Waals surface area contributed by atoms with Crippen molar-refractivity contribution in [1.82, 2.24) is 10.2 Å². The fraction of sp³-hybridized carbons (Fsp3) is 0.562. The molecule has 2 atom stereocenters. The van der Waals surface area contributed by atoms with Crippen LogP contribution in [0.5, 0.6) is 0 Å². The Hall–Kier alpha value is -1.46. The van der Waals surface area contributed by atoms with Gasteiger partial charge < -0.3 is 15.0 Å². The van der Waals surface area contributed by atoms with Gasteiger partial charge in [-0.05, 0) is 23.6 Å². The van der Waals surface area contributed by atoms with E-state index in [0.717, 1.165) is 18.7 Å². The molecule has 1 aliphatic heterocycles. The van der Waals surface area contributed by atoms with Crippen molar-refractivity contribution in [2.45, 2.75) is 12.8 Å². The molecule has 0 bridgehead atoms. The molecule has 1 aromatic rings. The maximum Gasteiger partial charge on any atom is 0.219 e. The van der Waals surface area contributed by atoms with E-state index in [0.29, 0.717) is 25.6 Å². The largest absolute Gasteiger partial charge is 0.383 e. The summed E-state index contributed by atoms with van der Waals surface area (Å²) < 4.78 is 18.5. The van der Waals surface area contributed by atoms with E-state index in [1.54, 1.807) is 26.2 Å². The molecule has 1 aromatic carbocycles. The molecule has 1 heterocycles. The quantitative estimate of drug-likeness (QED) is 0.867. The summed E-state index contributed by atoms with van der Waals surface area (Å²) in [7, 11) is 1.63. The highest BCUT2D eigenvalue weighted by Crippen LogP contribution is 2.29. The van der Waals surface area contributed by atoms with Crippen molar-refractivity contribution in [1.29, 1.82) is 0 Å². The van der Waals surface area contributed by atoms with Crippen molar-refractivity contribution < 1.29 is 13.9 Å². The van der Waals surface area contributed by atoms with Gasteiger partial charge in [-0.2, -0.15) is 0 Å². The summed E-state index contributed by atoms with van der Waals surface area (Å²) in [6.45, 7) is 5.05. The topological polar surface area (TPSA) is 41.6 Å². The lowest BCUT2D eigenvalue weighted by molar-refractivity contribution is -0.130. The number of hydrogen-bond acceptors (Lipinski definition) is 3. The lowest BCUT2D eigenvalue weighted by Gasteiger charge is -2.27. The number of carbonyl (C=O) groups is 1. The van der Waals surface area contributed by atoms with Crippen LogP contribution in [0.1, 0.15) is 18.4 Å². The molecule has 0 aliphatic carbocycles. The van der Waals surface area contributed by atoms with Crippen LogP contribution in [0.4, 0.5) is 4.39 Å². The molecule has 0 saturated carbocycles. The molecule has 0 aromatic heterocycles. The molecule has 5 heteroatoms. The second kappa shape index (κ2) is 7.52. The molecule has 2 rings (SSSR count). The summed E-state index contributed by atoms with van der Waals surface area (Å²) in [6.07, 6.45) is 0. The van der Waals surface area contributed by atoms with Gasteiger partial charge in [-0.3, -0.25) is 4.79 Å². The number of ether oxygens (including phenoxy) is 1. The zero-order chi connectivity index (χ0) is 15.2. The molecule has 1 fully saturated rings. The molecule has 21 heavy (non-hydrogen) atoms. The van der Waals surface area contributed by atoms with Crippen LogP contribution in [0, 0.1) is 11.7 Å². The highest BCUT2D eigenvalue weighted by atomic mass is 19.1. The first-order valence-electron chi connectivity index (χ1n) is 7.32. The summed E-state index contributed by atoms with van der Waals surface area (Å²) in [5.41, 5.74) is 1.00. The number of rotatable bonds is 6. The van der Waals surface area contributed by atoms with Crippen molar-refractivity contribution in [3.63, 3.8) is 0 Å². The van der Waals surface area contributed by atoms with Gasteiger partial charge in [-0.1, -0.05) is 12.1 Å². The van der Waals surface area contributed by atoms with Gasteiger partial charge >= 0.3 is 0 Å². The molecule has 1 amide bonds. The molecule has 1 saturated heterocycles. The number of nitrogens with zero attached hydrogens (tertiary/aromatic N) is 1. The van der Waals surface area contributed by atoms with Crippen LogP contribution in [-0.4, -0.2) is 50.7 Å². The van der Waals surface area contributed by atoms with E-state index in [2.05, 4.69) is 5.32 Å². The van der Waals surface area contributed by atoms with Gasteiger partial charge in [0.15, 0.2) is 0 Å². The van der Waals surface area contributed by atoms with Gasteiger partial charge in [0, 0.05) is 46.1 Å². The number of nitrogens with one attached hydrogen (secondary N) is 1. The molecule has 0 radical (unpaired) electrons. The summed E-state index contributed by atoms with van der Waals surface area (Å²) in [4.78, 5) is 13.5. The first-order valence-corrected chi connectivity index (χ1v) is 7.32. The highest BCUT2D eigenvalue weighted by Gasteiger charge is 2.30. The Morgan fingerprint density at radius 1 is 1.48 bits per heavy atom. The number of amides is 1. The molecule has 1 aliphatic rings. The Kier molecular flexibility index (Phi) is 5.70.